The molecule has 1 aromatic carbocycles. The molecule has 0 spiro atoms. The molecule has 0 aliphatic carbocycles. The number of fused-ring (bicyclic) bond motifs is 1. The Kier molecular flexibility index (Phi) is 4.73. The Morgan fingerprint density at radius 1 is 1.45 bits per heavy atom. The molecule has 1 N–H and O–H groups in total. The zero-order valence-corrected chi connectivity index (χ0v) is 13.0. The molecule has 1 amide bonds. The second-order valence-electron chi connectivity index (χ2n) is 5.79. The molecule has 1 unspecified atom stereocenters. The second-order valence-corrected chi connectivity index (χ2v) is 5.79. The number of hydrogen-bond donors (Lipinski definition) is 1. The first-order chi connectivity index (χ1) is 10.8. The number of rotatable bonds is 6. The largest absolute Gasteiger partial charge is 0.376 e. The summed E-state index contributed by atoms with van der Waals surface area (Å²) in [6, 6.07) is 7.98. The molecule has 118 valence electrons. The van der Waals surface area contributed by atoms with Gasteiger partial charge in [0.05, 0.1) is 17.1 Å². The molecular weight excluding hydrogens is 278 g/mol. The molecule has 2 heterocycles. The van der Waals surface area contributed by atoms with Crippen LogP contribution in [0.4, 0.5) is 0 Å². The van der Waals surface area contributed by atoms with Crippen molar-refractivity contribution in [3.63, 3.8) is 0 Å². The molecule has 0 bridgehead atoms. The highest BCUT2D eigenvalue weighted by atomic mass is 16.5. The Morgan fingerprint density at radius 3 is 3.09 bits per heavy atom. The van der Waals surface area contributed by atoms with Crippen molar-refractivity contribution >= 4 is 16.9 Å². The van der Waals surface area contributed by atoms with Gasteiger partial charge in [-0.15, -0.1) is 0 Å². The van der Waals surface area contributed by atoms with Crippen LogP contribution < -0.4 is 5.32 Å². The fraction of sp³-hybridized carbons (Fsp3) is 0.529. The van der Waals surface area contributed by atoms with Crippen LogP contribution in [0, 0.1) is 0 Å². The van der Waals surface area contributed by atoms with Crippen molar-refractivity contribution in [3.05, 3.63) is 30.1 Å². The Balaban J connectivity index is 1.71. The van der Waals surface area contributed by atoms with E-state index in [1.54, 1.807) is 0 Å². The molecule has 1 fully saturated rings. The molecule has 1 atom stereocenters. The lowest BCUT2D eigenvalue weighted by molar-refractivity contribution is -0.122. The minimum atomic E-state index is 0.0241. The van der Waals surface area contributed by atoms with Gasteiger partial charge in [-0.1, -0.05) is 19.1 Å². The maximum absolute atomic E-state index is 12.3. The van der Waals surface area contributed by atoms with Crippen LogP contribution in [0.5, 0.6) is 0 Å². The normalized spacial score (nSPS) is 18.0. The number of hydrogen-bond acceptors (Lipinski definition) is 3. The number of aromatic nitrogens is 2. The number of imidazole rings is 1. The molecule has 5 heteroatoms. The average molecular weight is 301 g/mol. The van der Waals surface area contributed by atoms with Crippen LogP contribution >= 0.6 is 0 Å². The maximum Gasteiger partial charge on any atom is 0.240 e. The lowest BCUT2D eigenvalue weighted by atomic mass is 10.2. The van der Waals surface area contributed by atoms with Gasteiger partial charge < -0.3 is 14.6 Å². The van der Waals surface area contributed by atoms with Crippen LogP contribution in [-0.2, 0) is 22.5 Å². The van der Waals surface area contributed by atoms with E-state index in [4.69, 9.17) is 4.74 Å². The van der Waals surface area contributed by atoms with E-state index in [0.29, 0.717) is 13.1 Å². The van der Waals surface area contributed by atoms with Crippen LogP contribution in [0.25, 0.3) is 11.0 Å². The summed E-state index contributed by atoms with van der Waals surface area (Å²) in [7, 11) is 0. The minimum absolute atomic E-state index is 0.0241. The van der Waals surface area contributed by atoms with Gasteiger partial charge >= 0.3 is 0 Å². The summed E-state index contributed by atoms with van der Waals surface area (Å²) in [6.07, 6.45) is 4.20. The minimum Gasteiger partial charge on any atom is -0.376 e. The molecule has 1 aliphatic rings. The smallest absolute Gasteiger partial charge is 0.240 e. The van der Waals surface area contributed by atoms with E-state index >= 15 is 0 Å². The Morgan fingerprint density at radius 2 is 2.32 bits per heavy atom. The maximum atomic E-state index is 12.3. The topological polar surface area (TPSA) is 56.2 Å². The molecule has 0 saturated carbocycles. The fourth-order valence-corrected chi connectivity index (χ4v) is 2.95. The van der Waals surface area contributed by atoms with Gasteiger partial charge in [-0.05, 0) is 31.4 Å². The third kappa shape index (κ3) is 3.30. The van der Waals surface area contributed by atoms with Crippen molar-refractivity contribution < 1.29 is 9.53 Å². The number of benzene rings is 1. The summed E-state index contributed by atoms with van der Waals surface area (Å²) in [5.74, 6) is 1.01. The number of nitrogens with zero attached hydrogens (tertiary/aromatic N) is 2. The lowest BCUT2D eigenvalue weighted by Gasteiger charge is -2.12. The molecule has 3 rings (SSSR count). The van der Waals surface area contributed by atoms with Crippen LogP contribution in [-0.4, -0.2) is 34.7 Å². The summed E-state index contributed by atoms with van der Waals surface area (Å²) < 4.78 is 7.57. The third-order valence-electron chi connectivity index (χ3n) is 4.06. The Bertz CT molecular complexity index is 644. The lowest BCUT2D eigenvalue weighted by Crippen LogP contribution is -2.34. The van der Waals surface area contributed by atoms with Crippen molar-refractivity contribution in [2.75, 3.05) is 13.2 Å². The van der Waals surface area contributed by atoms with Crippen LogP contribution in [0.2, 0.25) is 0 Å². The Hall–Kier alpha value is -1.88. The first-order valence-corrected chi connectivity index (χ1v) is 8.10. The summed E-state index contributed by atoms with van der Waals surface area (Å²) >= 11 is 0. The van der Waals surface area contributed by atoms with E-state index in [0.717, 1.165) is 49.1 Å². The number of aryl methyl sites for hydroxylation is 1. The van der Waals surface area contributed by atoms with E-state index in [9.17, 15) is 4.79 Å². The van der Waals surface area contributed by atoms with Crippen molar-refractivity contribution in [2.45, 2.75) is 45.3 Å². The molecule has 1 saturated heterocycles. The summed E-state index contributed by atoms with van der Waals surface area (Å²) in [6.45, 7) is 3.87. The van der Waals surface area contributed by atoms with E-state index in [2.05, 4.69) is 17.2 Å². The average Bonchev–Trinajstić information content (AvgIpc) is 3.15. The molecule has 0 radical (unpaired) electrons. The molecule has 2 aromatic rings. The fourth-order valence-electron chi connectivity index (χ4n) is 2.95. The van der Waals surface area contributed by atoms with Gasteiger partial charge in [0.25, 0.3) is 0 Å². The Labute approximate surface area is 130 Å². The molecule has 1 aromatic heterocycles. The first-order valence-electron chi connectivity index (χ1n) is 8.10. The molecule has 1 aliphatic heterocycles. The molecule has 5 nitrogen and oxygen atoms in total. The zero-order chi connectivity index (χ0) is 15.4. The highest BCUT2D eigenvalue weighted by molar-refractivity contribution is 5.81. The summed E-state index contributed by atoms with van der Waals surface area (Å²) in [5, 5.41) is 2.98. The summed E-state index contributed by atoms with van der Waals surface area (Å²) in [4.78, 5) is 16.9. The van der Waals surface area contributed by atoms with Gasteiger partial charge in [0.1, 0.15) is 12.4 Å². The zero-order valence-electron chi connectivity index (χ0n) is 13.0. The van der Waals surface area contributed by atoms with E-state index in [1.165, 1.54) is 0 Å². The van der Waals surface area contributed by atoms with Gasteiger partial charge in [-0.3, -0.25) is 4.79 Å². The number of para-hydroxylation sites is 2. The number of nitrogens with one attached hydrogen (secondary N) is 1. The quantitative estimate of drug-likeness (QED) is 0.890. The van der Waals surface area contributed by atoms with Gasteiger partial charge in [0.15, 0.2) is 0 Å². The van der Waals surface area contributed by atoms with Crippen molar-refractivity contribution in [1.82, 2.24) is 14.9 Å². The van der Waals surface area contributed by atoms with E-state index < -0.39 is 0 Å². The molecular formula is C17H23N3O2. The highest BCUT2D eigenvalue weighted by Gasteiger charge is 2.17. The summed E-state index contributed by atoms with van der Waals surface area (Å²) in [5.41, 5.74) is 1.98. The predicted octanol–water partition coefficient (Wildman–Crippen LogP) is 2.28. The highest BCUT2D eigenvalue weighted by Crippen LogP contribution is 2.17. The van der Waals surface area contributed by atoms with Crippen LogP contribution in [0.3, 0.4) is 0 Å². The number of ether oxygens (including phenoxy) is 1. The van der Waals surface area contributed by atoms with E-state index in [1.807, 2.05) is 28.8 Å². The number of carbonyl (C=O) groups is 1. The van der Waals surface area contributed by atoms with Gasteiger partial charge in [-0.25, -0.2) is 4.98 Å². The monoisotopic (exact) mass is 301 g/mol. The van der Waals surface area contributed by atoms with Gasteiger partial charge in [0, 0.05) is 19.6 Å². The predicted molar refractivity (Wildman–Crippen MR) is 85.7 cm³/mol. The van der Waals surface area contributed by atoms with E-state index in [-0.39, 0.29) is 12.0 Å². The number of carbonyl (C=O) groups excluding carboxylic acids is 1. The van der Waals surface area contributed by atoms with Crippen LogP contribution in [0.15, 0.2) is 24.3 Å². The standard InChI is InChI=1S/C17H23N3O2/c1-2-6-16-19-14-8-3-4-9-15(14)20(16)12-17(21)18-11-13-7-5-10-22-13/h3-4,8-9,13H,2,5-7,10-12H2,1H3,(H,18,21). The van der Waals surface area contributed by atoms with Gasteiger partial charge in [-0.2, -0.15) is 0 Å². The van der Waals surface area contributed by atoms with Crippen LogP contribution in [0.1, 0.15) is 32.0 Å². The van der Waals surface area contributed by atoms with Crippen molar-refractivity contribution in [1.29, 1.82) is 0 Å². The first kappa shape index (κ1) is 15.0. The third-order valence-corrected chi connectivity index (χ3v) is 4.06. The molecule has 22 heavy (non-hydrogen) atoms. The number of amides is 1. The second kappa shape index (κ2) is 6.92. The van der Waals surface area contributed by atoms with Crippen molar-refractivity contribution in [2.24, 2.45) is 0 Å². The van der Waals surface area contributed by atoms with Gasteiger partial charge in [0.2, 0.25) is 5.91 Å². The van der Waals surface area contributed by atoms with Crippen molar-refractivity contribution in [3.8, 4) is 0 Å². The SMILES string of the molecule is CCCc1nc2ccccc2n1CC(=O)NCC1CCCO1.